The van der Waals surface area contributed by atoms with Gasteiger partial charge in [-0.2, -0.15) is 0 Å². The summed E-state index contributed by atoms with van der Waals surface area (Å²) in [7, 11) is 0. The zero-order valence-corrected chi connectivity index (χ0v) is 16.4. The van der Waals surface area contributed by atoms with E-state index in [4.69, 9.17) is 4.74 Å². The maximum absolute atomic E-state index is 12.5. The van der Waals surface area contributed by atoms with E-state index in [9.17, 15) is 4.79 Å². The largest absolute Gasteiger partial charge is 0.378 e. The molecule has 1 aliphatic rings. The van der Waals surface area contributed by atoms with E-state index < -0.39 is 0 Å². The predicted molar refractivity (Wildman–Crippen MR) is 110 cm³/mol. The van der Waals surface area contributed by atoms with E-state index >= 15 is 0 Å². The van der Waals surface area contributed by atoms with Gasteiger partial charge in [0, 0.05) is 41.6 Å². The molecule has 5 heteroatoms. The first-order valence-corrected chi connectivity index (χ1v) is 10.3. The van der Waals surface area contributed by atoms with Gasteiger partial charge < -0.3 is 14.2 Å². The second-order valence-corrected chi connectivity index (χ2v) is 7.92. The van der Waals surface area contributed by atoms with Gasteiger partial charge in [-0.25, -0.2) is 0 Å². The highest BCUT2D eigenvalue weighted by molar-refractivity contribution is 8.00. The number of nitrogens with zero attached hydrogens (tertiary/aromatic N) is 2. The minimum Gasteiger partial charge on any atom is -0.378 e. The number of carbonyl (C=O) groups is 1. The van der Waals surface area contributed by atoms with Gasteiger partial charge in [-0.05, 0) is 18.6 Å². The Morgan fingerprint density at radius 1 is 1.07 bits per heavy atom. The number of hydrogen-bond acceptors (Lipinski definition) is 3. The fourth-order valence-corrected chi connectivity index (χ4v) is 4.38. The zero-order chi connectivity index (χ0) is 18.6. The smallest absolute Gasteiger partial charge is 0.233 e. The van der Waals surface area contributed by atoms with Gasteiger partial charge in [-0.3, -0.25) is 4.79 Å². The maximum Gasteiger partial charge on any atom is 0.233 e. The van der Waals surface area contributed by atoms with Crippen LogP contribution in [-0.2, 0) is 16.1 Å². The molecule has 0 radical (unpaired) electrons. The van der Waals surface area contributed by atoms with Crippen LogP contribution in [0.2, 0.25) is 0 Å². The average Bonchev–Trinajstić information content (AvgIpc) is 3.06. The first-order valence-electron chi connectivity index (χ1n) is 9.32. The maximum atomic E-state index is 12.5. The Morgan fingerprint density at radius 2 is 1.81 bits per heavy atom. The molecule has 0 unspecified atom stereocenters. The number of amides is 1. The van der Waals surface area contributed by atoms with Gasteiger partial charge in [0.1, 0.15) is 0 Å². The Kier molecular flexibility index (Phi) is 5.50. The van der Waals surface area contributed by atoms with Crippen molar-refractivity contribution in [3.63, 3.8) is 0 Å². The molecular formula is C22H24N2O2S. The van der Waals surface area contributed by atoms with Crippen LogP contribution < -0.4 is 0 Å². The van der Waals surface area contributed by atoms with Gasteiger partial charge in [-0.15, -0.1) is 11.8 Å². The van der Waals surface area contributed by atoms with Crippen LogP contribution in [0.15, 0.2) is 59.6 Å². The summed E-state index contributed by atoms with van der Waals surface area (Å²) < 4.78 is 7.61. The molecule has 1 aromatic heterocycles. The summed E-state index contributed by atoms with van der Waals surface area (Å²) in [6, 6.07) is 17.1. The van der Waals surface area contributed by atoms with Crippen LogP contribution in [0.1, 0.15) is 11.1 Å². The molecule has 1 saturated heterocycles. The number of carbonyl (C=O) groups excluding carboxylic acids is 1. The van der Waals surface area contributed by atoms with E-state index in [1.54, 1.807) is 11.8 Å². The minimum atomic E-state index is 0.193. The molecule has 0 bridgehead atoms. The molecule has 1 amide bonds. The van der Waals surface area contributed by atoms with Crippen LogP contribution in [0.5, 0.6) is 0 Å². The monoisotopic (exact) mass is 380 g/mol. The Balaban J connectivity index is 1.52. The molecule has 0 atom stereocenters. The van der Waals surface area contributed by atoms with Crippen LogP contribution in [0.4, 0.5) is 0 Å². The lowest BCUT2D eigenvalue weighted by Crippen LogP contribution is -2.41. The molecule has 0 saturated carbocycles. The Labute approximate surface area is 164 Å². The standard InChI is InChI=1S/C22H24N2O2S/c1-17-6-8-18(9-7-17)14-24-15-21(19-4-2-3-5-20(19)24)27-16-22(25)23-10-12-26-13-11-23/h2-9,15H,10-14,16H2,1H3. The highest BCUT2D eigenvalue weighted by Gasteiger charge is 2.18. The molecule has 2 aromatic carbocycles. The summed E-state index contributed by atoms with van der Waals surface area (Å²) in [5.41, 5.74) is 3.76. The number of ether oxygens (including phenoxy) is 1. The van der Waals surface area contributed by atoms with Crippen LogP contribution in [0.3, 0.4) is 0 Å². The number of rotatable bonds is 5. The minimum absolute atomic E-state index is 0.193. The van der Waals surface area contributed by atoms with E-state index in [0.717, 1.165) is 6.54 Å². The van der Waals surface area contributed by atoms with E-state index in [0.29, 0.717) is 32.1 Å². The molecule has 4 nitrogen and oxygen atoms in total. The van der Waals surface area contributed by atoms with Crippen molar-refractivity contribution in [1.82, 2.24) is 9.47 Å². The number of hydrogen-bond donors (Lipinski definition) is 0. The molecule has 4 rings (SSSR count). The third-order valence-electron chi connectivity index (χ3n) is 4.94. The van der Waals surface area contributed by atoms with Crippen molar-refractivity contribution in [3.05, 3.63) is 65.9 Å². The highest BCUT2D eigenvalue weighted by atomic mass is 32.2. The third kappa shape index (κ3) is 4.20. The first kappa shape index (κ1) is 18.1. The summed E-state index contributed by atoms with van der Waals surface area (Å²) in [4.78, 5) is 15.6. The Bertz CT molecular complexity index is 927. The number of benzene rings is 2. The van der Waals surface area contributed by atoms with Crippen LogP contribution in [0, 0.1) is 6.92 Å². The summed E-state index contributed by atoms with van der Waals surface area (Å²) in [6.07, 6.45) is 2.18. The number of thioether (sulfide) groups is 1. The van der Waals surface area contributed by atoms with Crippen LogP contribution in [-0.4, -0.2) is 47.4 Å². The van der Waals surface area contributed by atoms with Crippen molar-refractivity contribution in [1.29, 1.82) is 0 Å². The van der Waals surface area contributed by atoms with Crippen molar-refractivity contribution in [3.8, 4) is 0 Å². The van der Waals surface area contributed by atoms with Gasteiger partial charge in [0.25, 0.3) is 0 Å². The summed E-state index contributed by atoms with van der Waals surface area (Å²) >= 11 is 1.63. The Morgan fingerprint density at radius 3 is 2.59 bits per heavy atom. The normalized spacial score (nSPS) is 14.6. The summed E-state index contributed by atoms with van der Waals surface area (Å²) in [6.45, 7) is 5.63. The van der Waals surface area contributed by atoms with Gasteiger partial charge >= 0.3 is 0 Å². The van der Waals surface area contributed by atoms with E-state index in [2.05, 4.69) is 66.2 Å². The molecule has 0 spiro atoms. The fourth-order valence-electron chi connectivity index (χ4n) is 3.39. The second-order valence-electron chi connectivity index (χ2n) is 6.91. The average molecular weight is 381 g/mol. The molecular weight excluding hydrogens is 356 g/mol. The van der Waals surface area contributed by atoms with E-state index in [1.807, 2.05) is 4.90 Å². The van der Waals surface area contributed by atoms with Gasteiger partial charge in [0.05, 0.1) is 19.0 Å². The molecule has 1 aliphatic heterocycles. The fraction of sp³-hybridized carbons (Fsp3) is 0.318. The topological polar surface area (TPSA) is 34.5 Å². The van der Waals surface area contributed by atoms with Crippen LogP contribution in [0.25, 0.3) is 10.9 Å². The van der Waals surface area contributed by atoms with Crippen molar-refractivity contribution >= 4 is 28.6 Å². The van der Waals surface area contributed by atoms with E-state index in [1.165, 1.54) is 26.9 Å². The van der Waals surface area contributed by atoms with Crippen molar-refractivity contribution in [2.75, 3.05) is 32.1 Å². The molecule has 3 aromatic rings. The number of morpholine rings is 1. The predicted octanol–water partition coefficient (Wildman–Crippen LogP) is 3.95. The third-order valence-corrected chi connectivity index (χ3v) is 5.97. The molecule has 1 fully saturated rings. The van der Waals surface area contributed by atoms with Crippen molar-refractivity contribution < 1.29 is 9.53 Å². The lowest BCUT2D eigenvalue weighted by molar-refractivity contribution is -0.132. The lowest BCUT2D eigenvalue weighted by atomic mass is 10.1. The van der Waals surface area contributed by atoms with Crippen molar-refractivity contribution in [2.24, 2.45) is 0 Å². The SMILES string of the molecule is Cc1ccc(Cn2cc(SCC(=O)N3CCOCC3)c3ccccc32)cc1. The van der Waals surface area contributed by atoms with Crippen LogP contribution >= 0.6 is 11.8 Å². The highest BCUT2D eigenvalue weighted by Crippen LogP contribution is 2.30. The number of fused-ring (bicyclic) bond motifs is 1. The lowest BCUT2D eigenvalue weighted by Gasteiger charge is -2.26. The van der Waals surface area contributed by atoms with Crippen molar-refractivity contribution in [2.45, 2.75) is 18.4 Å². The molecule has 0 aliphatic carbocycles. The molecule has 0 N–H and O–H groups in total. The number of para-hydroxylation sites is 1. The quantitative estimate of drug-likeness (QED) is 0.629. The van der Waals surface area contributed by atoms with Gasteiger partial charge in [0.15, 0.2) is 0 Å². The van der Waals surface area contributed by atoms with E-state index in [-0.39, 0.29) is 5.91 Å². The zero-order valence-electron chi connectivity index (χ0n) is 15.6. The number of aryl methyl sites for hydroxylation is 1. The molecule has 2 heterocycles. The van der Waals surface area contributed by atoms with Gasteiger partial charge in [-0.1, -0.05) is 48.0 Å². The second kappa shape index (κ2) is 8.19. The molecule has 27 heavy (non-hydrogen) atoms. The summed E-state index contributed by atoms with van der Waals surface area (Å²) in [5, 5.41) is 1.21. The summed E-state index contributed by atoms with van der Waals surface area (Å²) in [5.74, 6) is 0.664. The Hall–Kier alpha value is -2.24. The van der Waals surface area contributed by atoms with Gasteiger partial charge in [0.2, 0.25) is 5.91 Å². The molecule has 140 valence electrons. The number of aromatic nitrogens is 1. The first-order chi connectivity index (χ1) is 13.2.